The molecule has 0 spiro atoms. The van der Waals surface area contributed by atoms with Crippen molar-refractivity contribution in [1.82, 2.24) is 10.3 Å². The number of hydrogen-bond donors (Lipinski definition) is 1. The van der Waals surface area contributed by atoms with Gasteiger partial charge in [0.25, 0.3) is 0 Å². The average Bonchev–Trinajstić information content (AvgIpc) is 2.28. The van der Waals surface area contributed by atoms with E-state index in [9.17, 15) is 0 Å². The summed E-state index contributed by atoms with van der Waals surface area (Å²) in [6.45, 7) is 5.84. The number of aromatic nitrogens is 1. The van der Waals surface area contributed by atoms with Gasteiger partial charge in [0.15, 0.2) is 0 Å². The van der Waals surface area contributed by atoms with Crippen LogP contribution in [0.3, 0.4) is 0 Å². The van der Waals surface area contributed by atoms with Crippen LogP contribution in [0.5, 0.6) is 5.88 Å². The topological polar surface area (TPSA) is 37.4 Å². The number of nitrogens with zero attached hydrogens (tertiary/aromatic N) is 2. The zero-order chi connectivity index (χ0) is 10.3. The molecule has 0 aliphatic carbocycles. The van der Waals surface area contributed by atoms with Gasteiger partial charge < -0.3 is 15.0 Å². The van der Waals surface area contributed by atoms with Gasteiger partial charge in [0.1, 0.15) is 12.3 Å². The van der Waals surface area contributed by atoms with Crippen molar-refractivity contribution >= 4 is 5.69 Å². The Morgan fingerprint density at radius 1 is 1.53 bits per heavy atom. The Kier molecular flexibility index (Phi) is 2.02. The molecule has 80 valence electrons. The lowest BCUT2D eigenvalue weighted by atomic mass is 10.1. The van der Waals surface area contributed by atoms with Gasteiger partial charge in [-0.25, -0.2) is 4.98 Å². The van der Waals surface area contributed by atoms with Crippen LogP contribution in [0.25, 0.3) is 0 Å². The van der Waals surface area contributed by atoms with E-state index in [-0.39, 0.29) is 0 Å². The summed E-state index contributed by atoms with van der Waals surface area (Å²) >= 11 is 0. The van der Waals surface area contributed by atoms with Crippen LogP contribution in [0.1, 0.15) is 5.69 Å². The molecule has 1 N–H and O–H groups in total. The fourth-order valence-corrected chi connectivity index (χ4v) is 2.25. The van der Waals surface area contributed by atoms with Crippen molar-refractivity contribution in [2.24, 2.45) is 0 Å². The Morgan fingerprint density at radius 2 is 2.47 bits per heavy atom. The summed E-state index contributed by atoms with van der Waals surface area (Å²) in [5, 5.41) is 3.38. The molecule has 2 aliphatic heterocycles. The molecule has 4 heteroatoms. The third kappa shape index (κ3) is 1.45. The number of nitrogens with one attached hydrogen (secondary N) is 1. The molecule has 1 unspecified atom stereocenters. The molecular weight excluding hydrogens is 190 g/mol. The first-order valence-electron chi connectivity index (χ1n) is 5.42. The summed E-state index contributed by atoms with van der Waals surface area (Å²) in [5.74, 6) is 0.799. The summed E-state index contributed by atoms with van der Waals surface area (Å²) < 4.78 is 5.68. The second-order valence-electron chi connectivity index (χ2n) is 4.14. The van der Waals surface area contributed by atoms with Crippen molar-refractivity contribution in [3.63, 3.8) is 0 Å². The van der Waals surface area contributed by atoms with E-state index >= 15 is 0 Å². The van der Waals surface area contributed by atoms with Gasteiger partial charge in [-0.05, 0) is 19.1 Å². The maximum absolute atomic E-state index is 5.68. The van der Waals surface area contributed by atoms with Crippen molar-refractivity contribution in [3.8, 4) is 5.88 Å². The van der Waals surface area contributed by atoms with Gasteiger partial charge in [-0.3, -0.25) is 0 Å². The quantitative estimate of drug-likeness (QED) is 0.671. The molecule has 1 fully saturated rings. The first kappa shape index (κ1) is 8.97. The lowest BCUT2D eigenvalue weighted by Crippen LogP contribution is -2.55. The standard InChI is InChI=1S/C11H15N3O/c1-8-2-3-10-11(13-8)15-7-9-6-12-4-5-14(9)10/h2-3,9,12H,4-7H2,1H3. The molecule has 0 bridgehead atoms. The third-order valence-corrected chi connectivity index (χ3v) is 3.05. The Morgan fingerprint density at radius 3 is 3.40 bits per heavy atom. The average molecular weight is 205 g/mol. The molecule has 4 nitrogen and oxygen atoms in total. The van der Waals surface area contributed by atoms with Crippen LogP contribution < -0.4 is 15.0 Å². The molecule has 1 saturated heterocycles. The molecule has 0 saturated carbocycles. The highest BCUT2D eigenvalue weighted by Crippen LogP contribution is 2.32. The molecule has 0 radical (unpaired) electrons. The highest BCUT2D eigenvalue weighted by atomic mass is 16.5. The molecule has 3 heterocycles. The number of hydrogen-bond acceptors (Lipinski definition) is 4. The predicted octanol–water partition coefficient (Wildman–Crippen LogP) is 0.561. The normalized spacial score (nSPS) is 24.1. The van der Waals surface area contributed by atoms with Crippen molar-refractivity contribution < 1.29 is 4.74 Å². The molecule has 3 rings (SSSR count). The molecule has 2 aliphatic rings. The van der Waals surface area contributed by atoms with E-state index in [1.165, 1.54) is 0 Å². The fourth-order valence-electron chi connectivity index (χ4n) is 2.25. The van der Waals surface area contributed by atoms with E-state index in [1.807, 2.05) is 13.0 Å². The van der Waals surface area contributed by atoms with Gasteiger partial charge in [-0.2, -0.15) is 0 Å². The second-order valence-corrected chi connectivity index (χ2v) is 4.14. The number of ether oxygens (including phenoxy) is 1. The van der Waals surface area contributed by atoms with Gasteiger partial charge in [0.05, 0.1) is 6.04 Å². The number of fused-ring (bicyclic) bond motifs is 3. The molecule has 15 heavy (non-hydrogen) atoms. The van der Waals surface area contributed by atoms with Gasteiger partial charge in [-0.15, -0.1) is 0 Å². The lowest BCUT2D eigenvalue weighted by Gasteiger charge is -2.41. The molecular formula is C11H15N3O. The third-order valence-electron chi connectivity index (χ3n) is 3.05. The van der Waals surface area contributed by atoms with E-state index in [1.54, 1.807) is 0 Å². The molecule has 1 aromatic rings. The number of pyridine rings is 1. The van der Waals surface area contributed by atoms with Gasteiger partial charge in [-0.1, -0.05) is 0 Å². The van der Waals surface area contributed by atoms with Crippen LogP contribution in [-0.4, -0.2) is 37.3 Å². The second kappa shape index (κ2) is 3.38. The lowest BCUT2D eigenvalue weighted by molar-refractivity contribution is 0.238. The largest absolute Gasteiger partial charge is 0.474 e. The van der Waals surface area contributed by atoms with Crippen LogP contribution >= 0.6 is 0 Å². The van der Waals surface area contributed by atoms with Crippen LogP contribution in [0.4, 0.5) is 5.69 Å². The Hall–Kier alpha value is -1.29. The van der Waals surface area contributed by atoms with E-state index in [0.717, 1.165) is 43.5 Å². The first-order valence-corrected chi connectivity index (χ1v) is 5.42. The van der Waals surface area contributed by atoms with Crippen molar-refractivity contribution in [2.45, 2.75) is 13.0 Å². The van der Waals surface area contributed by atoms with Crippen molar-refractivity contribution in [3.05, 3.63) is 17.8 Å². The highest BCUT2D eigenvalue weighted by molar-refractivity contribution is 5.58. The zero-order valence-corrected chi connectivity index (χ0v) is 8.86. The Bertz CT molecular complexity index is 380. The Balaban J connectivity index is 1.99. The summed E-state index contributed by atoms with van der Waals surface area (Å²) in [4.78, 5) is 6.82. The van der Waals surface area contributed by atoms with E-state index in [0.29, 0.717) is 6.04 Å². The smallest absolute Gasteiger partial charge is 0.237 e. The van der Waals surface area contributed by atoms with Crippen molar-refractivity contribution in [2.75, 3.05) is 31.1 Å². The molecule has 0 aromatic carbocycles. The molecule has 0 amide bonds. The van der Waals surface area contributed by atoms with Gasteiger partial charge in [0.2, 0.25) is 5.88 Å². The molecule has 1 aromatic heterocycles. The van der Waals surface area contributed by atoms with Gasteiger partial charge >= 0.3 is 0 Å². The summed E-state index contributed by atoms with van der Waals surface area (Å²) in [7, 11) is 0. The summed E-state index contributed by atoms with van der Waals surface area (Å²) in [6.07, 6.45) is 0. The number of piperazine rings is 1. The summed E-state index contributed by atoms with van der Waals surface area (Å²) in [5.41, 5.74) is 2.17. The maximum Gasteiger partial charge on any atom is 0.237 e. The minimum atomic E-state index is 0.468. The highest BCUT2D eigenvalue weighted by Gasteiger charge is 2.30. The van der Waals surface area contributed by atoms with Gasteiger partial charge in [0, 0.05) is 25.3 Å². The number of anilines is 1. The summed E-state index contributed by atoms with van der Waals surface area (Å²) in [6, 6.07) is 4.64. The van der Waals surface area contributed by atoms with E-state index < -0.39 is 0 Å². The maximum atomic E-state index is 5.68. The SMILES string of the molecule is Cc1ccc2c(n1)OCC1CNCCN21. The zero-order valence-electron chi connectivity index (χ0n) is 8.86. The van der Waals surface area contributed by atoms with Crippen LogP contribution in [0.2, 0.25) is 0 Å². The van der Waals surface area contributed by atoms with Crippen molar-refractivity contribution in [1.29, 1.82) is 0 Å². The first-order chi connectivity index (χ1) is 7.34. The van der Waals surface area contributed by atoms with Crippen LogP contribution in [0, 0.1) is 6.92 Å². The van der Waals surface area contributed by atoms with Crippen LogP contribution in [0.15, 0.2) is 12.1 Å². The molecule has 1 atom stereocenters. The van der Waals surface area contributed by atoms with Crippen LogP contribution in [-0.2, 0) is 0 Å². The number of rotatable bonds is 0. The van der Waals surface area contributed by atoms with E-state index in [2.05, 4.69) is 21.3 Å². The van der Waals surface area contributed by atoms with E-state index in [4.69, 9.17) is 4.74 Å². The predicted molar refractivity (Wildman–Crippen MR) is 58.5 cm³/mol. The minimum Gasteiger partial charge on any atom is -0.474 e. The minimum absolute atomic E-state index is 0.468. The number of aryl methyl sites for hydroxylation is 1. The monoisotopic (exact) mass is 205 g/mol. The fraction of sp³-hybridized carbons (Fsp3) is 0.545. The Labute approximate surface area is 89.3 Å².